The molecular formula is C30H25FN4O4. The SMILES string of the molecule is Cc1noc(C2(NC(=O)c3ccc(C)c(-c4ccc5oc(C)c(C(=O)Nc6ccc(F)cc6)c5c4)c3)CC2)n1. The Balaban J connectivity index is 1.31. The van der Waals surface area contributed by atoms with Crippen molar-refractivity contribution < 1.29 is 22.9 Å². The molecule has 0 unspecified atom stereocenters. The largest absolute Gasteiger partial charge is 0.461 e. The van der Waals surface area contributed by atoms with Crippen molar-refractivity contribution in [2.45, 2.75) is 39.2 Å². The lowest BCUT2D eigenvalue weighted by atomic mass is 9.96. The molecule has 2 heterocycles. The lowest BCUT2D eigenvalue weighted by molar-refractivity contribution is 0.0920. The molecule has 5 aromatic rings. The fraction of sp³-hybridized carbons (Fsp3) is 0.200. The van der Waals surface area contributed by atoms with Gasteiger partial charge in [0.25, 0.3) is 17.7 Å². The lowest BCUT2D eigenvalue weighted by Crippen LogP contribution is -2.35. The van der Waals surface area contributed by atoms with E-state index in [2.05, 4.69) is 20.8 Å². The predicted octanol–water partition coefficient (Wildman–Crippen LogP) is 6.22. The van der Waals surface area contributed by atoms with Gasteiger partial charge in [0, 0.05) is 16.6 Å². The molecule has 0 aliphatic heterocycles. The molecular weight excluding hydrogens is 499 g/mol. The van der Waals surface area contributed by atoms with Crippen molar-refractivity contribution in [2.75, 3.05) is 5.32 Å². The zero-order valence-electron chi connectivity index (χ0n) is 21.6. The molecule has 0 atom stereocenters. The van der Waals surface area contributed by atoms with E-state index < -0.39 is 5.54 Å². The van der Waals surface area contributed by atoms with Crippen LogP contribution in [0.15, 0.2) is 69.6 Å². The number of carbonyl (C=O) groups is 2. The lowest BCUT2D eigenvalue weighted by Gasteiger charge is -2.14. The Kier molecular flexibility index (Phi) is 5.79. The summed E-state index contributed by atoms with van der Waals surface area (Å²) in [6.07, 6.45) is 1.47. The highest BCUT2D eigenvalue weighted by molar-refractivity contribution is 6.14. The molecule has 2 amide bonds. The summed E-state index contributed by atoms with van der Waals surface area (Å²) in [7, 11) is 0. The first-order valence-electron chi connectivity index (χ1n) is 12.6. The first kappa shape index (κ1) is 24.5. The van der Waals surface area contributed by atoms with Crippen molar-refractivity contribution in [1.82, 2.24) is 15.5 Å². The molecule has 0 bridgehead atoms. The number of hydrogen-bond acceptors (Lipinski definition) is 6. The van der Waals surface area contributed by atoms with Gasteiger partial charge in [0.15, 0.2) is 5.82 Å². The van der Waals surface area contributed by atoms with E-state index in [1.165, 1.54) is 24.3 Å². The van der Waals surface area contributed by atoms with E-state index in [1.54, 1.807) is 19.9 Å². The number of benzene rings is 3. The van der Waals surface area contributed by atoms with Crippen LogP contribution in [0.4, 0.5) is 10.1 Å². The minimum Gasteiger partial charge on any atom is -0.461 e. The third-order valence-corrected chi connectivity index (χ3v) is 7.04. The maximum absolute atomic E-state index is 13.3. The van der Waals surface area contributed by atoms with Crippen molar-refractivity contribution >= 4 is 28.5 Å². The summed E-state index contributed by atoms with van der Waals surface area (Å²) in [6.45, 7) is 5.44. The minimum absolute atomic E-state index is 0.232. The molecule has 0 radical (unpaired) electrons. The van der Waals surface area contributed by atoms with Gasteiger partial charge < -0.3 is 19.6 Å². The van der Waals surface area contributed by atoms with Crippen molar-refractivity contribution in [3.8, 4) is 11.1 Å². The van der Waals surface area contributed by atoms with Gasteiger partial charge in [-0.25, -0.2) is 4.39 Å². The van der Waals surface area contributed by atoms with Gasteiger partial charge in [-0.3, -0.25) is 9.59 Å². The topological polar surface area (TPSA) is 110 Å². The van der Waals surface area contributed by atoms with Gasteiger partial charge >= 0.3 is 0 Å². The number of nitrogens with zero attached hydrogens (tertiary/aromatic N) is 2. The standard InChI is InChI=1S/C30H25FN4O4/c1-16-4-5-20(27(36)34-30(12-13-30)29-32-18(3)35-39-29)15-23(16)19-6-11-25-24(14-19)26(17(2)38-25)28(37)33-22-9-7-21(31)8-10-22/h4-11,14-15H,12-13H2,1-3H3,(H,33,37)(H,34,36). The van der Waals surface area contributed by atoms with Crippen LogP contribution in [0.3, 0.4) is 0 Å². The number of amides is 2. The average Bonchev–Trinajstić information content (AvgIpc) is 3.41. The van der Waals surface area contributed by atoms with E-state index in [0.29, 0.717) is 45.3 Å². The first-order chi connectivity index (χ1) is 18.7. The summed E-state index contributed by atoms with van der Waals surface area (Å²) in [5.74, 6) is 0.449. The highest BCUT2D eigenvalue weighted by atomic mass is 19.1. The van der Waals surface area contributed by atoms with Crippen LogP contribution in [0, 0.1) is 26.6 Å². The highest BCUT2D eigenvalue weighted by Gasteiger charge is 2.50. The molecule has 3 aromatic carbocycles. The average molecular weight is 525 g/mol. The summed E-state index contributed by atoms with van der Waals surface area (Å²) < 4.78 is 24.5. The summed E-state index contributed by atoms with van der Waals surface area (Å²) >= 11 is 0. The van der Waals surface area contributed by atoms with Crippen LogP contribution in [-0.4, -0.2) is 22.0 Å². The molecule has 1 fully saturated rings. The summed E-state index contributed by atoms with van der Waals surface area (Å²) in [5.41, 5.74) is 3.97. The van der Waals surface area contributed by atoms with Crippen LogP contribution in [-0.2, 0) is 5.54 Å². The van der Waals surface area contributed by atoms with Crippen LogP contribution in [0.25, 0.3) is 22.1 Å². The number of rotatable bonds is 6. The Morgan fingerprint density at radius 2 is 1.72 bits per heavy atom. The first-order valence-corrected chi connectivity index (χ1v) is 12.6. The van der Waals surface area contributed by atoms with Crippen LogP contribution >= 0.6 is 0 Å². The third-order valence-electron chi connectivity index (χ3n) is 7.04. The Morgan fingerprint density at radius 1 is 0.949 bits per heavy atom. The summed E-state index contributed by atoms with van der Waals surface area (Å²) in [5, 5.41) is 10.4. The zero-order valence-corrected chi connectivity index (χ0v) is 21.6. The number of aryl methyl sites for hydroxylation is 3. The number of furan rings is 1. The summed E-state index contributed by atoms with van der Waals surface area (Å²) in [4.78, 5) is 30.7. The molecule has 8 nitrogen and oxygen atoms in total. The fourth-order valence-corrected chi connectivity index (χ4v) is 4.77. The fourth-order valence-electron chi connectivity index (χ4n) is 4.77. The van der Waals surface area contributed by atoms with Gasteiger partial charge in [-0.2, -0.15) is 4.98 Å². The highest BCUT2D eigenvalue weighted by Crippen LogP contribution is 2.45. The molecule has 0 spiro atoms. The Labute approximate surface area is 223 Å². The Morgan fingerprint density at radius 3 is 2.41 bits per heavy atom. The molecule has 6 rings (SSSR count). The monoisotopic (exact) mass is 524 g/mol. The van der Waals surface area contributed by atoms with Crippen molar-refractivity contribution in [3.05, 3.63) is 101 Å². The molecule has 196 valence electrons. The van der Waals surface area contributed by atoms with Crippen molar-refractivity contribution in [2.24, 2.45) is 0 Å². The number of carbonyl (C=O) groups excluding carboxylic acids is 2. The molecule has 2 N–H and O–H groups in total. The van der Waals surface area contributed by atoms with E-state index in [1.807, 2.05) is 37.3 Å². The molecule has 2 aromatic heterocycles. The van der Waals surface area contributed by atoms with E-state index in [0.717, 1.165) is 29.5 Å². The van der Waals surface area contributed by atoms with Gasteiger partial charge in [0.1, 0.15) is 22.7 Å². The normalized spacial score (nSPS) is 13.8. The number of anilines is 1. The molecule has 0 saturated heterocycles. The quantitative estimate of drug-likeness (QED) is 0.273. The number of aromatic nitrogens is 2. The maximum Gasteiger partial charge on any atom is 0.259 e. The van der Waals surface area contributed by atoms with E-state index >= 15 is 0 Å². The zero-order chi connectivity index (χ0) is 27.3. The Bertz CT molecular complexity index is 1750. The molecule has 1 aliphatic rings. The number of hydrogen-bond donors (Lipinski definition) is 2. The number of nitrogens with one attached hydrogen (secondary N) is 2. The summed E-state index contributed by atoms with van der Waals surface area (Å²) in [6, 6.07) is 16.7. The maximum atomic E-state index is 13.3. The van der Waals surface area contributed by atoms with Crippen LogP contribution in [0.2, 0.25) is 0 Å². The van der Waals surface area contributed by atoms with Gasteiger partial charge in [0.05, 0.1) is 5.56 Å². The number of fused-ring (bicyclic) bond motifs is 1. The second-order valence-corrected chi connectivity index (χ2v) is 9.92. The smallest absolute Gasteiger partial charge is 0.259 e. The van der Waals surface area contributed by atoms with Crippen LogP contribution in [0.1, 0.15) is 56.6 Å². The second kappa shape index (κ2) is 9.20. The van der Waals surface area contributed by atoms with Crippen molar-refractivity contribution in [1.29, 1.82) is 0 Å². The third kappa shape index (κ3) is 4.56. The van der Waals surface area contributed by atoms with E-state index in [4.69, 9.17) is 8.94 Å². The predicted molar refractivity (Wildman–Crippen MR) is 143 cm³/mol. The molecule has 1 saturated carbocycles. The second-order valence-electron chi connectivity index (χ2n) is 9.92. The van der Waals surface area contributed by atoms with Gasteiger partial charge in [-0.1, -0.05) is 17.3 Å². The van der Waals surface area contributed by atoms with Gasteiger partial charge in [-0.15, -0.1) is 0 Å². The van der Waals surface area contributed by atoms with E-state index in [-0.39, 0.29) is 17.6 Å². The number of halogens is 1. The van der Waals surface area contributed by atoms with Gasteiger partial charge in [0.2, 0.25) is 0 Å². The van der Waals surface area contributed by atoms with Gasteiger partial charge in [-0.05, 0) is 98.8 Å². The molecule has 9 heteroatoms. The van der Waals surface area contributed by atoms with Crippen molar-refractivity contribution in [3.63, 3.8) is 0 Å². The van der Waals surface area contributed by atoms with E-state index in [9.17, 15) is 14.0 Å². The Hall–Kier alpha value is -4.79. The van der Waals surface area contributed by atoms with Crippen LogP contribution < -0.4 is 10.6 Å². The molecule has 39 heavy (non-hydrogen) atoms. The minimum atomic E-state index is -0.622. The van der Waals surface area contributed by atoms with Crippen LogP contribution in [0.5, 0.6) is 0 Å². The molecule has 1 aliphatic carbocycles.